The summed E-state index contributed by atoms with van der Waals surface area (Å²) >= 11 is 0. The number of rotatable bonds is 4. The van der Waals surface area contributed by atoms with Crippen molar-refractivity contribution in [3.05, 3.63) is 84.1 Å². The van der Waals surface area contributed by atoms with Crippen LogP contribution >= 0.6 is 0 Å². The zero-order chi connectivity index (χ0) is 13.8. The summed E-state index contributed by atoms with van der Waals surface area (Å²) in [6, 6.07) is 16.1. The number of hydrogen-bond acceptors (Lipinski definition) is 3. The van der Waals surface area contributed by atoms with Gasteiger partial charge >= 0.3 is 0 Å². The third-order valence-corrected chi connectivity index (χ3v) is 3.30. The van der Waals surface area contributed by atoms with Crippen molar-refractivity contribution in [1.82, 2.24) is 4.98 Å². The number of anilines is 1. The van der Waals surface area contributed by atoms with E-state index in [4.69, 9.17) is 4.42 Å². The Morgan fingerprint density at radius 3 is 2.60 bits per heavy atom. The first kappa shape index (κ1) is 12.5. The van der Waals surface area contributed by atoms with Crippen LogP contribution in [0.4, 0.5) is 5.69 Å². The zero-order valence-electron chi connectivity index (χ0n) is 11.3. The fourth-order valence-corrected chi connectivity index (χ4v) is 2.19. The average molecular weight is 264 g/mol. The maximum Gasteiger partial charge on any atom is 0.130 e. The van der Waals surface area contributed by atoms with Crippen LogP contribution in [0, 0.1) is 6.92 Å². The summed E-state index contributed by atoms with van der Waals surface area (Å²) in [5.74, 6) is 0.888. The predicted molar refractivity (Wildman–Crippen MR) is 79.6 cm³/mol. The molecule has 0 saturated carbocycles. The topological polar surface area (TPSA) is 38.1 Å². The van der Waals surface area contributed by atoms with E-state index >= 15 is 0 Å². The highest BCUT2D eigenvalue weighted by molar-refractivity contribution is 5.51. The Labute approximate surface area is 118 Å². The number of aromatic nitrogens is 1. The fourth-order valence-electron chi connectivity index (χ4n) is 2.19. The molecule has 0 aliphatic carbocycles. The molecule has 0 radical (unpaired) electrons. The molecule has 3 rings (SSSR count). The van der Waals surface area contributed by atoms with Gasteiger partial charge in [-0.25, -0.2) is 0 Å². The Morgan fingerprint density at radius 2 is 1.90 bits per heavy atom. The molecule has 100 valence electrons. The maximum absolute atomic E-state index is 5.58. The van der Waals surface area contributed by atoms with Crippen LogP contribution in [0.25, 0.3) is 0 Å². The minimum Gasteiger partial charge on any atom is -0.467 e. The lowest BCUT2D eigenvalue weighted by Gasteiger charge is -2.19. The average Bonchev–Trinajstić information content (AvgIpc) is 3.01. The van der Waals surface area contributed by atoms with E-state index < -0.39 is 0 Å². The third-order valence-electron chi connectivity index (χ3n) is 3.30. The van der Waals surface area contributed by atoms with Crippen molar-refractivity contribution < 1.29 is 4.42 Å². The molecule has 0 aliphatic heterocycles. The summed E-state index contributed by atoms with van der Waals surface area (Å²) < 4.78 is 5.58. The molecule has 1 unspecified atom stereocenters. The minimum absolute atomic E-state index is 0.0194. The number of nitrogens with one attached hydrogen (secondary N) is 1. The Balaban J connectivity index is 1.97. The fraction of sp³-hybridized carbons (Fsp3) is 0.118. The van der Waals surface area contributed by atoms with Crippen molar-refractivity contribution in [3.63, 3.8) is 0 Å². The van der Waals surface area contributed by atoms with Crippen molar-refractivity contribution in [2.45, 2.75) is 13.0 Å². The van der Waals surface area contributed by atoms with Gasteiger partial charge in [0.2, 0.25) is 0 Å². The lowest BCUT2D eigenvalue weighted by Crippen LogP contribution is -2.12. The van der Waals surface area contributed by atoms with Gasteiger partial charge in [-0.3, -0.25) is 4.98 Å². The molecule has 1 aromatic carbocycles. The lowest BCUT2D eigenvalue weighted by atomic mass is 10.0. The number of pyridine rings is 1. The molecular formula is C17H16N2O. The Bertz CT molecular complexity index is 662. The largest absolute Gasteiger partial charge is 0.467 e. The summed E-state index contributed by atoms with van der Waals surface area (Å²) in [6.07, 6.45) is 5.34. The minimum atomic E-state index is -0.0194. The Hall–Kier alpha value is -2.55. The van der Waals surface area contributed by atoms with Crippen LogP contribution in [0.15, 0.2) is 71.6 Å². The molecule has 0 spiro atoms. The number of furan rings is 1. The van der Waals surface area contributed by atoms with Crippen molar-refractivity contribution in [1.29, 1.82) is 0 Å². The second kappa shape index (κ2) is 5.61. The van der Waals surface area contributed by atoms with Crippen LogP contribution in [-0.4, -0.2) is 4.98 Å². The number of nitrogens with zero attached hydrogens (tertiary/aromatic N) is 1. The molecule has 20 heavy (non-hydrogen) atoms. The molecule has 0 amide bonds. The molecular weight excluding hydrogens is 248 g/mol. The zero-order valence-corrected chi connectivity index (χ0v) is 11.3. The number of aryl methyl sites for hydroxylation is 1. The van der Waals surface area contributed by atoms with Crippen molar-refractivity contribution in [2.75, 3.05) is 5.32 Å². The van der Waals surface area contributed by atoms with Crippen LogP contribution in [0.2, 0.25) is 0 Å². The van der Waals surface area contributed by atoms with Crippen molar-refractivity contribution in [3.8, 4) is 0 Å². The smallest absolute Gasteiger partial charge is 0.130 e. The van der Waals surface area contributed by atoms with E-state index in [9.17, 15) is 0 Å². The first-order chi connectivity index (χ1) is 9.84. The molecule has 3 heteroatoms. The number of benzene rings is 1. The summed E-state index contributed by atoms with van der Waals surface area (Å²) in [7, 11) is 0. The van der Waals surface area contributed by atoms with Crippen molar-refractivity contribution >= 4 is 5.69 Å². The van der Waals surface area contributed by atoms with Gasteiger partial charge in [-0.1, -0.05) is 30.3 Å². The Morgan fingerprint density at radius 1 is 1.05 bits per heavy atom. The van der Waals surface area contributed by atoms with E-state index in [0.29, 0.717) is 0 Å². The molecule has 1 N–H and O–H groups in total. The third kappa shape index (κ3) is 2.57. The maximum atomic E-state index is 5.58. The normalized spacial score (nSPS) is 12.1. The molecule has 0 bridgehead atoms. The van der Waals surface area contributed by atoms with Gasteiger partial charge in [-0.05, 0) is 36.2 Å². The summed E-state index contributed by atoms with van der Waals surface area (Å²) in [4.78, 5) is 4.18. The van der Waals surface area contributed by atoms with Crippen LogP contribution < -0.4 is 5.32 Å². The van der Waals surface area contributed by atoms with E-state index in [1.807, 2.05) is 42.6 Å². The van der Waals surface area contributed by atoms with Gasteiger partial charge in [0.1, 0.15) is 11.8 Å². The molecule has 3 nitrogen and oxygen atoms in total. The molecule has 0 fully saturated rings. The van der Waals surface area contributed by atoms with Crippen LogP contribution in [0.3, 0.4) is 0 Å². The molecule has 1 atom stereocenters. The molecule has 2 aromatic heterocycles. The second-order valence-electron chi connectivity index (χ2n) is 4.69. The first-order valence-electron chi connectivity index (χ1n) is 6.60. The summed E-state index contributed by atoms with van der Waals surface area (Å²) in [5.41, 5.74) is 3.33. The molecule has 0 saturated heterocycles. The van der Waals surface area contributed by atoms with E-state index in [2.05, 4.69) is 29.4 Å². The molecule has 3 aromatic rings. The van der Waals surface area contributed by atoms with Crippen molar-refractivity contribution in [2.24, 2.45) is 0 Å². The summed E-state index contributed by atoms with van der Waals surface area (Å²) in [6.45, 7) is 2.06. The monoisotopic (exact) mass is 264 g/mol. The quantitative estimate of drug-likeness (QED) is 0.768. The highest BCUT2D eigenvalue weighted by Crippen LogP contribution is 2.27. The summed E-state index contributed by atoms with van der Waals surface area (Å²) in [5, 5.41) is 3.51. The highest BCUT2D eigenvalue weighted by Gasteiger charge is 2.17. The Kier molecular flexibility index (Phi) is 3.50. The van der Waals surface area contributed by atoms with E-state index in [1.54, 1.807) is 12.5 Å². The van der Waals surface area contributed by atoms with E-state index in [-0.39, 0.29) is 6.04 Å². The van der Waals surface area contributed by atoms with Gasteiger partial charge in [-0.15, -0.1) is 0 Å². The van der Waals surface area contributed by atoms with Gasteiger partial charge in [-0.2, -0.15) is 0 Å². The SMILES string of the molecule is Cc1ccncc1NC(c1ccccc1)c1ccco1. The highest BCUT2D eigenvalue weighted by atomic mass is 16.3. The van der Waals surface area contributed by atoms with Crippen LogP contribution in [-0.2, 0) is 0 Å². The van der Waals surface area contributed by atoms with E-state index in [1.165, 1.54) is 0 Å². The van der Waals surface area contributed by atoms with Gasteiger partial charge in [0.25, 0.3) is 0 Å². The van der Waals surface area contributed by atoms with Gasteiger partial charge in [0.05, 0.1) is 18.1 Å². The van der Waals surface area contributed by atoms with Crippen LogP contribution in [0.1, 0.15) is 22.9 Å². The standard InChI is InChI=1S/C17H16N2O/c1-13-9-10-18-12-15(13)19-17(16-8-5-11-20-16)14-6-3-2-4-7-14/h2-12,17,19H,1H3. The van der Waals surface area contributed by atoms with Gasteiger partial charge in [0.15, 0.2) is 0 Å². The predicted octanol–water partition coefficient (Wildman–Crippen LogP) is 4.18. The number of hydrogen-bond donors (Lipinski definition) is 1. The van der Waals surface area contributed by atoms with Gasteiger partial charge in [0, 0.05) is 6.20 Å². The molecule has 2 heterocycles. The van der Waals surface area contributed by atoms with Gasteiger partial charge < -0.3 is 9.73 Å². The second-order valence-corrected chi connectivity index (χ2v) is 4.69. The molecule has 0 aliphatic rings. The first-order valence-corrected chi connectivity index (χ1v) is 6.60. The van der Waals surface area contributed by atoms with E-state index in [0.717, 1.165) is 22.6 Å². The lowest BCUT2D eigenvalue weighted by molar-refractivity contribution is 0.499. The van der Waals surface area contributed by atoms with Crippen LogP contribution in [0.5, 0.6) is 0 Å².